The van der Waals surface area contributed by atoms with Crippen LogP contribution in [0.15, 0.2) is 29.4 Å². The third-order valence-electron chi connectivity index (χ3n) is 2.83. The fourth-order valence-corrected chi connectivity index (χ4v) is 2.48. The second-order valence-corrected chi connectivity index (χ2v) is 5.30. The van der Waals surface area contributed by atoms with Crippen molar-refractivity contribution in [3.63, 3.8) is 0 Å². The maximum Gasteiger partial charge on any atom is 0.233 e. The Bertz CT molecular complexity index is 616. The van der Waals surface area contributed by atoms with Crippen molar-refractivity contribution in [2.75, 3.05) is 25.6 Å². The molecule has 0 spiro atoms. The molecule has 0 saturated heterocycles. The van der Waals surface area contributed by atoms with E-state index in [0.29, 0.717) is 11.7 Å². The summed E-state index contributed by atoms with van der Waals surface area (Å²) in [5.41, 5.74) is 6.39. The quantitative estimate of drug-likeness (QED) is 0.777. The lowest BCUT2D eigenvalue weighted by atomic mass is 10.2. The molecule has 0 aliphatic heterocycles. The zero-order valence-corrected chi connectivity index (χ0v) is 12.7. The van der Waals surface area contributed by atoms with E-state index in [1.54, 1.807) is 19.1 Å². The number of thioether (sulfide) groups is 1. The number of hydrogen-bond acceptors (Lipinski definition) is 6. The van der Waals surface area contributed by atoms with Gasteiger partial charge in [0.2, 0.25) is 17.0 Å². The molecule has 2 rings (SSSR count). The van der Waals surface area contributed by atoms with Gasteiger partial charge in [0, 0.05) is 19.2 Å². The number of nitrogen functional groups attached to an aromatic ring is 1. The smallest absolute Gasteiger partial charge is 0.233 e. The SMILES string of the molecule is COc1ccccc1CN(C)C(=O)CSc1n[nH]c(N)n1. The first-order valence-electron chi connectivity index (χ1n) is 6.26. The third kappa shape index (κ3) is 4.12. The van der Waals surface area contributed by atoms with Gasteiger partial charge in [0.05, 0.1) is 12.9 Å². The Kier molecular flexibility index (Phi) is 5.04. The molecule has 0 fully saturated rings. The largest absolute Gasteiger partial charge is 0.496 e. The summed E-state index contributed by atoms with van der Waals surface area (Å²) in [6.07, 6.45) is 0. The molecular formula is C13H17N5O2S. The number of anilines is 1. The van der Waals surface area contributed by atoms with Gasteiger partial charge in [-0.1, -0.05) is 30.0 Å². The maximum atomic E-state index is 12.1. The van der Waals surface area contributed by atoms with E-state index in [4.69, 9.17) is 10.5 Å². The van der Waals surface area contributed by atoms with E-state index < -0.39 is 0 Å². The molecule has 0 aliphatic carbocycles. The van der Waals surface area contributed by atoms with Gasteiger partial charge < -0.3 is 15.4 Å². The van der Waals surface area contributed by atoms with Gasteiger partial charge in [-0.2, -0.15) is 4.98 Å². The van der Waals surface area contributed by atoms with Crippen LogP contribution in [0.4, 0.5) is 5.95 Å². The van der Waals surface area contributed by atoms with E-state index >= 15 is 0 Å². The normalized spacial score (nSPS) is 10.4. The van der Waals surface area contributed by atoms with Crippen molar-refractivity contribution in [2.24, 2.45) is 0 Å². The Morgan fingerprint density at radius 2 is 2.24 bits per heavy atom. The van der Waals surface area contributed by atoms with E-state index in [2.05, 4.69) is 15.2 Å². The minimum atomic E-state index is -0.0192. The van der Waals surface area contributed by atoms with Crippen molar-refractivity contribution in [3.8, 4) is 5.75 Å². The van der Waals surface area contributed by atoms with E-state index in [1.165, 1.54) is 11.8 Å². The number of amides is 1. The Morgan fingerprint density at radius 1 is 1.48 bits per heavy atom. The Balaban J connectivity index is 1.90. The van der Waals surface area contributed by atoms with Crippen LogP contribution in [0.25, 0.3) is 0 Å². The number of carbonyl (C=O) groups excluding carboxylic acids is 1. The average molecular weight is 307 g/mol. The molecular weight excluding hydrogens is 290 g/mol. The number of rotatable bonds is 6. The van der Waals surface area contributed by atoms with E-state index in [-0.39, 0.29) is 17.6 Å². The van der Waals surface area contributed by atoms with Crippen molar-refractivity contribution in [2.45, 2.75) is 11.7 Å². The Labute approximate surface area is 126 Å². The summed E-state index contributed by atoms with van der Waals surface area (Å²) in [6, 6.07) is 7.62. The van der Waals surface area contributed by atoms with Gasteiger partial charge in [-0.25, -0.2) is 5.10 Å². The van der Waals surface area contributed by atoms with Crippen molar-refractivity contribution < 1.29 is 9.53 Å². The molecule has 0 aliphatic rings. The third-order valence-corrected chi connectivity index (χ3v) is 3.66. The van der Waals surface area contributed by atoms with Gasteiger partial charge in [0.1, 0.15) is 5.75 Å². The van der Waals surface area contributed by atoms with Gasteiger partial charge in [-0.15, -0.1) is 5.10 Å². The summed E-state index contributed by atoms with van der Waals surface area (Å²) in [5.74, 6) is 1.25. The number of aromatic nitrogens is 3. The highest BCUT2D eigenvalue weighted by molar-refractivity contribution is 7.99. The van der Waals surface area contributed by atoms with Crippen LogP contribution in [0.5, 0.6) is 5.75 Å². The highest BCUT2D eigenvalue weighted by atomic mass is 32.2. The van der Waals surface area contributed by atoms with Crippen LogP contribution in [-0.4, -0.2) is 45.9 Å². The molecule has 0 bridgehead atoms. The molecule has 1 aromatic carbocycles. The summed E-state index contributed by atoms with van der Waals surface area (Å²) in [4.78, 5) is 17.7. The van der Waals surface area contributed by atoms with Crippen LogP contribution in [0.3, 0.4) is 0 Å². The number of hydrogen-bond donors (Lipinski definition) is 2. The number of ether oxygens (including phenoxy) is 1. The number of carbonyl (C=O) groups is 1. The van der Waals surface area contributed by atoms with E-state index in [1.807, 2.05) is 24.3 Å². The molecule has 7 nitrogen and oxygen atoms in total. The van der Waals surface area contributed by atoms with Crippen LogP contribution in [0.2, 0.25) is 0 Å². The number of nitrogens with two attached hydrogens (primary N) is 1. The fourth-order valence-electron chi connectivity index (χ4n) is 1.74. The monoisotopic (exact) mass is 307 g/mol. The summed E-state index contributed by atoms with van der Waals surface area (Å²) in [6.45, 7) is 0.486. The van der Waals surface area contributed by atoms with Crippen LogP contribution < -0.4 is 10.5 Å². The lowest BCUT2D eigenvalue weighted by Gasteiger charge is -2.18. The Morgan fingerprint density at radius 3 is 2.90 bits per heavy atom. The second kappa shape index (κ2) is 6.98. The minimum absolute atomic E-state index is 0.0192. The molecule has 0 unspecified atom stereocenters. The lowest BCUT2D eigenvalue weighted by Crippen LogP contribution is -2.28. The molecule has 2 aromatic rings. The van der Waals surface area contributed by atoms with Crippen molar-refractivity contribution in [1.29, 1.82) is 0 Å². The molecule has 8 heteroatoms. The molecule has 3 N–H and O–H groups in total. The molecule has 1 amide bonds. The first kappa shape index (κ1) is 15.2. The zero-order valence-electron chi connectivity index (χ0n) is 11.9. The summed E-state index contributed by atoms with van der Waals surface area (Å²) in [7, 11) is 3.37. The number of methoxy groups -OCH3 is 1. The summed E-state index contributed by atoms with van der Waals surface area (Å²) < 4.78 is 5.28. The van der Waals surface area contributed by atoms with Crippen molar-refractivity contribution >= 4 is 23.6 Å². The predicted octanol–water partition coefficient (Wildman–Crippen LogP) is 1.15. The standard InChI is InChI=1S/C13H17N5O2S/c1-18(7-9-5-3-4-6-10(9)20-2)11(19)8-21-13-15-12(14)16-17-13/h3-6H,7-8H2,1-2H3,(H3,14,15,16,17). The fraction of sp³-hybridized carbons (Fsp3) is 0.308. The minimum Gasteiger partial charge on any atom is -0.496 e. The van der Waals surface area contributed by atoms with Gasteiger partial charge in [-0.3, -0.25) is 4.79 Å². The van der Waals surface area contributed by atoms with Gasteiger partial charge in [-0.05, 0) is 6.07 Å². The highest BCUT2D eigenvalue weighted by Gasteiger charge is 2.13. The molecule has 21 heavy (non-hydrogen) atoms. The molecule has 0 atom stereocenters. The number of nitrogens with one attached hydrogen (secondary N) is 1. The van der Waals surface area contributed by atoms with Crippen molar-refractivity contribution in [3.05, 3.63) is 29.8 Å². The highest BCUT2D eigenvalue weighted by Crippen LogP contribution is 2.19. The van der Waals surface area contributed by atoms with Gasteiger partial charge in [0.25, 0.3) is 0 Å². The molecule has 0 radical (unpaired) electrons. The van der Waals surface area contributed by atoms with Crippen LogP contribution >= 0.6 is 11.8 Å². The average Bonchev–Trinajstić information content (AvgIpc) is 2.91. The van der Waals surface area contributed by atoms with Crippen LogP contribution in [0, 0.1) is 0 Å². The number of benzene rings is 1. The zero-order chi connectivity index (χ0) is 15.2. The maximum absolute atomic E-state index is 12.1. The van der Waals surface area contributed by atoms with Gasteiger partial charge in [0.15, 0.2) is 0 Å². The van der Waals surface area contributed by atoms with Crippen LogP contribution in [-0.2, 0) is 11.3 Å². The van der Waals surface area contributed by atoms with Crippen molar-refractivity contribution in [1.82, 2.24) is 20.1 Å². The molecule has 112 valence electrons. The summed E-state index contributed by atoms with van der Waals surface area (Å²) >= 11 is 1.24. The number of aromatic amines is 1. The first-order chi connectivity index (χ1) is 10.1. The van der Waals surface area contributed by atoms with E-state index in [9.17, 15) is 4.79 Å². The lowest BCUT2D eigenvalue weighted by molar-refractivity contribution is -0.127. The van der Waals surface area contributed by atoms with E-state index in [0.717, 1.165) is 11.3 Å². The van der Waals surface area contributed by atoms with Crippen LogP contribution in [0.1, 0.15) is 5.56 Å². The first-order valence-corrected chi connectivity index (χ1v) is 7.25. The molecule has 0 saturated carbocycles. The second-order valence-electron chi connectivity index (χ2n) is 4.35. The number of para-hydroxylation sites is 1. The topological polar surface area (TPSA) is 97.1 Å². The Hall–Kier alpha value is -2.22. The summed E-state index contributed by atoms with van der Waals surface area (Å²) in [5, 5.41) is 6.86. The molecule has 1 heterocycles. The number of nitrogens with zero attached hydrogens (tertiary/aromatic N) is 3. The predicted molar refractivity (Wildman–Crippen MR) is 81.0 cm³/mol. The van der Waals surface area contributed by atoms with Gasteiger partial charge >= 0.3 is 0 Å². The number of H-pyrrole nitrogens is 1. The molecule has 1 aromatic heterocycles.